The first kappa shape index (κ1) is 12.5. The van der Waals surface area contributed by atoms with Gasteiger partial charge in [-0.1, -0.05) is 29.8 Å². The van der Waals surface area contributed by atoms with Crippen LogP contribution in [0.15, 0.2) is 29.8 Å². The zero-order chi connectivity index (χ0) is 12.1. The van der Waals surface area contributed by atoms with Crippen LogP contribution in [-0.4, -0.2) is 12.1 Å². The fourth-order valence-electron chi connectivity index (χ4n) is 1.28. The number of carbonyl (C=O) groups is 1. The molecule has 1 aromatic rings. The molecule has 0 aromatic heterocycles. The quantitative estimate of drug-likeness (QED) is 0.574. The van der Waals surface area contributed by atoms with Gasteiger partial charge in [-0.3, -0.25) is 0 Å². The number of hydrogen-bond donors (Lipinski definition) is 0. The van der Waals surface area contributed by atoms with Crippen LogP contribution in [-0.2, 0) is 9.53 Å². The number of aryl methyl sites for hydroxylation is 1. The minimum absolute atomic E-state index is 0.0751. The van der Waals surface area contributed by atoms with Crippen molar-refractivity contribution in [3.63, 3.8) is 0 Å². The minimum atomic E-state index is -0.254. The summed E-state index contributed by atoms with van der Waals surface area (Å²) in [7, 11) is 0. The molecule has 0 fully saturated rings. The van der Waals surface area contributed by atoms with Crippen LogP contribution in [0.2, 0.25) is 0 Å². The number of ether oxygens (including phenoxy) is 1. The van der Waals surface area contributed by atoms with Crippen molar-refractivity contribution in [3.8, 4) is 0 Å². The molecule has 0 saturated heterocycles. The first-order chi connectivity index (χ1) is 7.49. The van der Waals surface area contributed by atoms with E-state index in [1.807, 2.05) is 51.1 Å². The number of benzene rings is 1. The Labute approximate surface area is 96.9 Å². The molecule has 0 N–H and O–H groups in total. The molecule has 0 aliphatic rings. The largest absolute Gasteiger partial charge is 0.460 e. The summed E-state index contributed by atoms with van der Waals surface area (Å²) < 4.78 is 5.10. The standard InChI is InChI=1S/C14H18O2/c1-10(2)16-14(15)12(4)9-13-7-5-11(3)6-8-13/h5-10H,1-4H3/b12-9+. The van der Waals surface area contributed by atoms with Crippen molar-refractivity contribution in [2.75, 3.05) is 0 Å². The Morgan fingerprint density at radius 1 is 1.25 bits per heavy atom. The number of hydrogen-bond acceptors (Lipinski definition) is 2. The fraction of sp³-hybridized carbons (Fsp3) is 0.357. The zero-order valence-corrected chi connectivity index (χ0v) is 10.3. The molecule has 0 heterocycles. The van der Waals surface area contributed by atoms with Crippen molar-refractivity contribution in [1.82, 2.24) is 0 Å². The SMILES string of the molecule is C/C(=C\c1ccc(C)cc1)C(=O)OC(C)C. The maximum absolute atomic E-state index is 11.5. The molecule has 0 amide bonds. The van der Waals surface area contributed by atoms with Gasteiger partial charge in [-0.2, -0.15) is 0 Å². The van der Waals surface area contributed by atoms with E-state index in [0.717, 1.165) is 5.56 Å². The molecule has 0 bridgehead atoms. The highest BCUT2D eigenvalue weighted by molar-refractivity contribution is 5.93. The Morgan fingerprint density at radius 2 is 1.81 bits per heavy atom. The van der Waals surface area contributed by atoms with E-state index in [9.17, 15) is 4.79 Å². The van der Waals surface area contributed by atoms with Gasteiger partial charge in [0.2, 0.25) is 0 Å². The lowest BCUT2D eigenvalue weighted by atomic mass is 10.1. The summed E-state index contributed by atoms with van der Waals surface area (Å²) in [5.74, 6) is -0.254. The highest BCUT2D eigenvalue weighted by Gasteiger charge is 2.07. The summed E-state index contributed by atoms with van der Waals surface area (Å²) in [6.45, 7) is 7.49. The Kier molecular flexibility index (Phi) is 4.29. The van der Waals surface area contributed by atoms with Crippen molar-refractivity contribution < 1.29 is 9.53 Å². The second kappa shape index (κ2) is 5.50. The van der Waals surface area contributed by atoms with E-state index in [2.05, 4.69) is 0 Å². The maximum Gasteiger partial charge on any atom is 0.333 e. The summed E-state index contributed by atoms with van der Waals surface area (Å²) in [5.41, 5.74) is 2.85. The molecule has 0 saturated carbocycles. The summed E-state index contributed by atoms with van der Waals surface area (Å²) in [6, 6.07) is 8.02. The van der Waals surface area contributed by atoms with E-state index >= 15 is 0 Å². The van der Waals surface area contributed by atoms with E-state index in [4.69, 9.17) is 4.74 Å². The van der Waals surface area contributed by atoms with Gasteiger partial charge >= 0.3 is 5.97 Å². The van der Waals surface area contributed by atoms with E-state index < -0.39 is 0 Å². The third kappa shape index (κ3) is 3.89. The third-order valence-electron chi connectivity index (χ3n) is 2.13. The molecule has 1 rings (SSSR count). The van der Waals surface area contributed by atoms with Gasteiger partial charge in [0, 0.05) is 5.57 Å². The molecule has 86 valence electrons. The number of esters is 1. The van der Waals surface area contributed by atoms with Gasteiger partial charge in [-0.25, -0.2) is 4.79 Å². The molecule has 0 aliphatic carbocycles. The van der Waals surface area contributed by atoms with E-state index in [1.54, 1.807) is 6.92 Å². The molecule has 1 aromatic carbocycles. The Morgan fingerprint density at radius 3 is 2.31 bits per heavy atom. The topological polar surface area (TPSA) is 26.3 Å². The average molecular weight is 218 g/mol. The van der Waals surface area contributed by atoms with Gasteiger partial charge in [-0.05, 0) is 39.3 Å². The van der Waals surface area contributed by atoms with Gasteiger partial charge in [0.25, 0.3) is 0 Å². The summed E-state index contributed by atoms with van der Waals surface area (Å²) in [6.07, 6.45) is 1.76. The number of carbonyl (C=O) groups excluding carboxylic acids is 1. The molecule has 0 aliphatic heterocycles. The molecule has 2 nitrogen and oxygen atoms in total. The van der Waals surface area contributed by atoms with E-state index in [0.29, 0.717) is 5.57 Å². The predicted octanol–water partition coefficient (Wildman–Crippen LogP) is 3.35. The molecule has 16 heavy (non-hydrogen) atoms. The zero-order valence-electron chi connectivity index (χ0n) is 10.3. The summed E-state index contributed by atoms with van der Waals surface area (Å²) in [5, 5.41) is 0. The average Bonchev–Trinajstić information content (AvgIpc) is 2.20. The van der Waals surface area contributed by atoms with Crippen molar-refractivity contribution in [3.05, 3.63) is 41.0 Å². The highest BCUT2D eigenvalue weighted by Crippen LogP contribution is 2.10. The van der Waals surface area contributed by atoms with Crippen LogP contribution in [0.3, 0.4) is 0 Å². The Balaban J connectivity index is 2.76. The van der Waals surface area contributed by atoms with Crippen LogP contribution in [0.5, 0.6) is 0 Å². The fourth-order valence-corrected chi connectivity index (χ4v) is 1.28. The second-order valence-corrected chi connectivity index (χ2v) is 4.19. The van der Waals surface area contributed by atoms with Crippen LogP contribution in [0.1, 0.15) is 31.9 Å². The van der Waals surface area contributed by atoms with Gasteiger partial charge in [-0.15, -0.1) is 0 Å². The van der Waals surface area contributed by atoms with Gasteiger partial charge in [0.15, 0.2) is 0 Å². The molecule has 2 heteroatoms. The lowest BCUT2D eigenvalue weighted by Crippen LogP contribution is -2.11. The summed E-state index contributed by atoms with van der Waals surface area (Å²) >= 11 is 0. The van der Waals surface area contributed by atoms with Crippen LogP contribution in [0, 0.1) is 6.92 Å². The smallest absolute Gasteiger partial charge is 0.333 e. The molecule has 0 atom stereocenters. The molecule has 0 radical (unpaired) electrons. The van der Waals surface area contributed by atoms with Crippen LogP contribution in [0.4, 0.5) is 0 Å². The van der Waals surface area contributed by atoms with Gasteiger partial charge in [0.1, 0.15) is 0 Å². The van der Waals surface area contributed by atoms with E-state index in [1.165, 1.54) is 5.56 Å². The van der Waals surface area contributed by atoms with Crippen LogP contribution >= 0.6 is 0 Å². The van der Waals surface area contributed by atoms with Crippen molar-refractivity contribution in [2.45, 2.75) is 33.8 Å². The predicted molar refractivity (Wildman–Crippen MR) is 66.1 cm³/mol. The van der Waals surface area contributed by atoms with Gasteiger partial charge in [0.05, 0.1) is 6.10 Å². The molecular formula is C14H18O2. The first-order valence-electron chi connectivity index (χ1n) is 5.45. The molecule has 0 spiro atoms. The lowest BCUT2D eigenvalue weighted by Gasteiger charge is -2.07. The van der Waals surface area contributed by atoms with Crippen LogP contribution in [0.25, 0.3) is 6.08 Å². The first-order valence-corrected chi connectivity index (χ1v) is 5.45. The molecular weight excluding hydrogens is 200 g/mol. The number of rotatable bonds is 3. The lowest BCUT2D eigenvalue weighted by molar-refractivity contribution is -0.142. The van der Waals surface area contributed by atoms with E-state index in [-0.39, 0.29) is 12.1 Å². The third-order valence-corrected chi connectivity index (χ3v) is 2.13. The normalized spacial score (nSPS) is 11.7. The summed E-state index contributed by atoms with van der Waals surface area (Å²) in [4.78, 5) is 11.5. The minimum Gasteiger partial charge on any atom is -0.460 e. The Bertz CT molecular complexity index is 386. The van der Waals surface area contributed by atoms with Crippen molar-refractivity contribution >= 4 is 12.0 Å². The highest BCUT2D eigenvalue weighted by atomic mass is 16.5. The second-order valence-electron chi connectivity index (χ2n) is 4.19. The molecule has 0 unspecified atom stereocenters. The van der Waals surface area contributed by atoms with Crippen molar-refractivity contribution in [2.24, 2.45) is 0 Å². The van der Waals surface area contributed by atoms with Crippen LogP contribution < -0.4 is 0 Å². The maximum atomic E-state index is 11.5. The Hall–Kier alpha value is -1.57. The van der Waals surface area contributed by atoms with Gasteiger partial charge < -0.3 is 4.74 Å². The van der Waals surface area contributed by atoms with Crippen molar-refractivity contribution in [1.29, 1.82) is 0 Å². The monoisotopic (exact) mass is 218 g/mol.